The molecule has 2 rings (SSSR count). The van der Waals surface area contributed by atoms with E-state index in [1.54, 1.807) is 12.1 Å². The lowest BCUT2D eigenvalue weighted by molar-refractivity contribution is -0.141. The van der Waals surface area contributed by atoms with E-state index in [9.17, 15) is 27.9 Å². The van der Waals surface area contributed by atoms with Crippen LogP contribution in [-0.2, 0) is 31.1 Å². The van der Waals surface area contributed by atoms with Crippen molar-refractivity contribution in [1.82, 2.24) is 14.9 Å². The third-order valence-electron chi connectivity index (χ3n) is 3.56. The maximum atomic E-state index is 12.3. The van der Waals surface area contributed by atoms with E-state index < -0.39 is 40.1 Å². The number of β-lactam (4-membered cyclic amide) rings is 1. The number of aromatic hydroxyl groups is 1. The Labute approximate surface area is 143 Å². The number of amides is 3. The molecular weight excluding hydrogens is 354 g/mol. The van der Waals surface area contributed by atoms with Crippen molar-refractivity contribution in [2.75, 3.05) is 6.54 Å². The van der Waals surface area contributed by atoms with Crippen molar-refractivity contribution < 1.29 is 32.5 Å². The molecule has 10 nitrogen and oxygen atoms in total. The highest BCUT2D eigenvalue weighted by Gasteiger charge is 2.45. The second kappa shape index (κ2) is 7.07. The quantitative estimate of drug-likeness (QED) is 0.353. The maximum absolute atomic E-state index is 12.3. The minimum atomic E-state index is -4.64. The molecule has 0 saturated carbocycles. The number of carbonyl (C=O) groups excluding carboxylic acids is 3. The van der Waals surface area contributed by atoms with Gasteiger partial charge in [-0.3, -0.25) is 18.9 Å². The number of phenols is 1. The van der Waals surface area contributed by atoms with Gasteiger partial charge in [-0.2, -0.15) is 8.42 Å². The van der Waals surface area contributed by atoms with Crippen molar-refractivity contribution in [3.05, 3.63) is 29.8 Å². The number of carbonyl (C=O) groups is 3. The molecule has 2 atom stereocenters. The number of hydrogen-bond acceptors (Lipinski definition) is 6. The zero-order chi connectivity index (χ0) is 18.8. The Balaban J connectivity index is 2.03. The molecular formula is C14H17N3O7S. The van der Waals surface area contributed by atoms with Crippen LogP contribution < -0.4 is 10.6 Å². The fourth-order valence-corrected chi connectivity index (χ4v) is 3.00. The maximum Gasteiger partial charge on any atom is 0.362 e. The van der Waals surface area contributed by atoms with Gasteiger partial charge in [0, 0.05) is 13.3 Å². The number of rotatable bonds is 6. The fraction of sp³-hybridized carbons (Fsp3) is 0.357. The zero-order valence-electron chi connectivity index (χ0n) is 13.2. The third kappa shape index (κ3) is 4.67. The lowest BCUT2D eigenvalue weighted by Crippen LogP contribution is -2.66. The van der Waals surface area contributed by atoms with Gasteiger partial charge in [0.2, 0.25) is 11.8 Å². The van der Waals surface area contributed by atoms with Crippen LogP contribution in [0.2, 0.25) is 0 Å². The van der Waals surface area contributed by atoms with E-state index in [1.807, 2.05) is 0 Å². The van der Waals surface area contributed by atoms with Crippen molar-refractivity contribution in [2.45, 2.75) is 25.4 Å². The van der Waals surface area contributed by atoms with Crippen molar-refractivity contribution in [1.29, 1.82) is 0 Å². The molecule has 1 aromatic rings. The van der Waals surface area contributed by atoms with Gasteiger partial charge in [0.1, 0.15) is 17.8 Å². The van der Waals surface area contributed by atoms with Gasteiger partial charge in [-0.15, -0.1) is 0 Å². The molecule has 25 heavy (non-hydrogen) atoms. The number of phenolic OH excluding ortho intramolecular Hbond substituents is 1. The Morgan fingerprint density at radius 2 is 1.92 bits per heavy atom. The van der Waals surface area contributed by atoms with Crippen LogP contribution in [0.25, 0.3) is 0 Å². The van der Waals surface area contributed by atoms with Gasteiger partial charge in [0.25, 0.3) is 5.91 Å². The van der Waals surface area contributed by atoms with Crippen LogP contribution >= 0.6 is 0 Å². The van der Waals surface area contributed by atoms with E-state index in [2.05, 4.69) is 10.6 Å². The molecule has 1 aromatic carbocycles. The molecule has 0 radical (unpaired) electrons. The van der Waals surface area contributed by atoms with Crippen molar-refractivity contribution in [3.63, 3.8) is 0 Å². The summed E-state index contributed by atoms with van der Waals surface area (Å²) < 4.78 is 30.8. The molecule has 0 spiro atoms. The van der Waals surface area contributed by atoms with Gasteiger partial charge in [-0.05, 0) is 17.7 Å². The Morgan fingerprint density at radius 3 is 2.40 bits per heavy atom. The smallest absolute Gasteiger partial charge is 0.362 e. The lowest BCUT2D eigenvalue weighted by atomic mass is 10.0. The third-order valence-corrected chi connectivity index (χ3v) is 4.44. The molecule has 0 aromatic heterocycles. The van der Waals surface area contributed by atoms with Gasteiger partial charge in [0.15, 0.2) is 0 Å². The first-order valence-electron chi connectivity index (χ1n) is 7.22. The molecule has 11 heteroatoms. The Bertz CT molecular complexity index is 791. The highest BCUT2D eigenvalue weighted by molar-refractivity contribution is 7.84. The van der Waals surface area contributed by atoms with Crippen LogP contribution in [-0.4, -0.2) is 58.7 Å². The van der Waals surface area contributed by atoms with E-state index in [4.69, 9.17) is 4.55 Å². The van der Waals surface area contributed by atoms with E-state index in [0.717, 1.165) is 0 Å². The molecule has 4 N–H and O–H groups in total. The summed E-state index contributed by atoms with van der Waals surface area (Å²) >= 11 is 0. The van der Waals surface area contributed by atoms with Crippen molar-refractivity contribution in [2.24, 2.45) is 0 Å². The predicted octanol–water partition coefficient (Wildman–Crippen LogP) is -1.43. The van der Waals surface area contributed by atoms with Gasteiger partial charge in [-0.1, -0.05) is 12.1 Å². The highest BCUT2D eigenvalue weighted by atomic mass is 32.2. The molecule has 1 aliphatic rings. The number of benzene rings is 1. The van der Waals surface area contributed by atoms with Crippen LogP contribution in [0.3, 0.4) is 0 Å². The number of nitrogens with one attached hydrogen (secondary N) is 2. The summed E-state index contributed by atoms with van der Waals surface area (Å²) in [5.74, 6) is -2.04. The lowest BCUT2D eigenvalue weighted by Gasteiger charge is -2.36. The second-order valence-corrected chi connectivity index (χ2v) is 6.87. The largest absolute Gasteiger partial charge is 0.508 e. The van der Waals surface area contributed by atoms with Crippen LogP contribution in [0.4, 0.5) is 0 Å². The first-order chi connectivity index (χ1) is 11.6. The minimum absolute atomic E-state index is 0.0506. The monoisotopic (exact) mass is 371 g/mol. The second-order valence-electron chi connectivity index (χ2n) is 5.53. The fourth-order valence-electron chi connectivity index (χ4n) is 2.31. The van der Waals surface area contributed by atoms with Crippen LogP contribution in [0.5, 0.6) is 5.75 Å². The first-order valence-corrected chi connectivity index (χ1v) is 8.62. The molecule has 1 aliphatic heterocycles. The molecule has 1 fully saturated rings. The summed E-state index contributed by atoms with van der Waals surface area (Å²) in [7, 11) is -4.64. The topological polar surface area (TPSA) is 153 Å². The minimum Gasteiger partial charge on any atom is -0.508 e. The van der Waals surface area contributed by atoms with Gasteiger partial charge >= 0.3 is 10.3 Å². The normalized spacial score (nSPS) is 18.2. The van der Waals surface area contributed by atoms with Crippen LogP contribution in [0.1, 0.15) is 12.5 Å². The van der Waals surface area contributed by atoms with Crippen molar-refractivity contribution >= 4 is 28.0 Å². The summed E-state index contributed by atoms with van der Waals surface area (Å²) in [6, 6.07) is 3.92. The molecule has 1 saturated heterocycles. The van der Waals surface area contributed by atoms with Gasteiger partial charge in [0.05, 0.1) is 6.54 Å². The molecule has 1 heterocycles. The summed E-state index contributed by atoms with van der Waals surface area (Å²) in [5.41, 5.74) is 0.659. The van der Waals surface area contributed by atoms with Crippen LogP contribution in [0, 0.1) is 0 Å². The summed E-state index contributed by atoms with van der Waals surface area (Å²) in [6.07, 6.45) is 0.106. The van der Waals surface area contributed by atoms with E-state index in [1.165, 1.54) is 19.1 Å². The van der Waals surface area contributed by atoms with Gasteiger partial charge in [-0.25, -0.2) is 4.31 Å². The predicted molar refractivity (Wildman–Crippen MR) is 84.6 cm³/mol. The first kappa shape index (κ1) is 18.7. The Kier molecular flexibility index (Phi) is 5.28. The summed E-state index contributed by atoms with van der Waals surface area (Å²) in [5, 5.41) is 14.0. The molecule has 0 aliphatic carbocycles. The van der Waals surface area contributed by atoms with Crippen LogP contribution in [0.15, 0.2) is 24.3 Å². The van der Waals surface area contributed by atoms with Gasteiger partial charge < -0.3 is 15.7 Å². The molecule has 0 unspecified atom stereocenters. The Morgan fingerprint density at radius 1 is 1.32 bits per heavy atom. The molecule has 0 bridgehead atoms. The van der Waals surface area contributed by atoms with E-state index >= 15 is 0 Å². The SMILES string of the molecule is CC(=O)N[C@H](Cc1ccc(O)cc1)C(=O)N[C@H]1CN(S(=O)(=O)O)C1=O. The molecule has 136 valence electrons. The van der Waals surface area contributed by atoms with E-state index in [-0.39, 0.29) is 23.0 Å². The van der Waals surface area contributed by atoms with Crippen molar-refractivity contribution in [3.8, 4) is 5.75 Å². The Hall–Kier alpha value is -2.66. The molecule has 3 amide bonds. The zero-order valence-corrected chi connectivity index (χ0v) is 14.0. The van der Waals surface area contributed by atoms with E-state index in [0.29, 0.717) is 5.56 Å². The highest BCUT2D eigenvalue weighted by Crippen LogP contribution is 2.15. The number of nitrogens with zero attached hydrogens (tertiary/aromatic N) is 1. The average molecular weight is 371 g/mol. The average Bonchev–Trinajstić information content (AvgIpc) is 2.50. The number of hydrogen-bond donors (Lipinski definition) is 4. The summed E-state index contributed by atoms with van der Waals surface area (Å²) in [6.45, 7) is 0.848. The standard InChI is InChI=1S/C14H17N3O7S/c1-8(18)15-11(6-9-2-4-10(19)5-3-9)13(20)16-12-7-17(14(12)21)25(22,23)24/h2-5,11-12,19H,6-7H2,1H3,(H,15,18)(H,16,20)(H,22,23,24)/t11-,12+/m1/s1. The summed E-state index contributed by atoms with van der Waals surface area (Å²) in [4.78, 5) is 35.2.